The monoisotopic (exact) mass is 294 g/mol. The molecule has 2 aliphatic heterocycles. The van der Waals surface area contributed by atoms with E-state index in [-0.39, 0.29) is 18.2 Å². The van der Waals surface area contributed by atoms with Crippen LogP contribution in [0.25, 0.3) is 0 Å². The highest BCUT2D eigenvalue weighted by Gasteiger charge is 2.36. The second-order valence-corrected chi connectivity index (χ2v) is 5.74. The molecule has 116 valence electrons. The molecule has 2 saturated heterocycles. The van der Waals surface area contributed by atoms with Crippen molar-refractivity contribution in [3.8, 4) is 0 Å². The Morgan fingerprint density at radius 2 is 2.05 bits per heavy atom. The van der Waals surface area contributed by atoms with Gasteiger partial charge < -0.3 is 18.9 Å². The number of amides is 1. The van der Waals surface area contributed by atoms with Crippen LogP contribution in [-0.4, -0.2) is 48.1 Å². The number of carbonyl (C=O) groups is 1. The van der Waals surface area contributed by atoms with Crippen molar-refractivity contribution in [3.05, 3.63) is 17.0 Å². The SMILES string of the molecule is Cc1noc(C)c1CC(=O)N1CCCCC1C1OCCO1. The van der Waals surface area contributed by atoms with E-state index >= 15 is 0 Å². The summed E-state index contributed by atoms with van der Waals surface area (Å²) in [4.78, 5) is 14.6. The van der Waals surface area contributed by atoms with Crippen LogP contribution in [0.3, 0.4) is 0 Å². The molecule has 6 heteroatoms. The highest BCUT2D eigenvalue weighted by atomic mass is 16.7. The van der Waals surface area contributed by atoms with Crippen LogP contribution >= 0.6 is 0 Å². The number of piperidine rings is 1. The fourth-order valence-corrected chi connectivity index (χ4v) is 3.16. The fourth-order valence-electron chi connectivity index (χ4n) is 3.16. The first-order valence-corrected chi connectivity index (χ1v) is 7.61. The number of carbonyl (C=O) groups excluding carboxylic acids is 1. The van der Waals surface area contributed by atoms with E-state index in [4.69, 9.17) is 14.0 Å². The quantitative estimate of drug-likeness (QED) is 0.847. The van der Waals surface area contributed by atoms with Gasteiger partial charge in [-0.15, -0.1) is 0 Å². The average Bonchev–Trinajstić information content (AvgIpc) is 3.13. The third kappa shape index (κ3) is 2.96. The summed E-state index contributed by atoms with van der Waals surface area (Å²) in [6.45, 7) is 5.73. The van der Waals surface area contributed by atoms with E-state index in [1.807, 2.05) is 18.7 Å². The van der Waals surface area contributed by atoms with Crippen molar-refractivity contribution in [2.75, 3.05) is 19.8 Å². The van der Waals surface area contributed by atoms with E-state index in [2.05, 4.69) is 5.16 Å². The zero-order chi connectivity index (χ0) is 14.8. The molecule has 0 aliphatic carbocycles. The van der Waals surface area contributed by atoms with Gasteiger partial charge in [-0.3, -0.25) is 4.79 Å². The third-order valence-corrected chi connectivity index (χ3v) is 4.34. The first-order chi connectivity index (χ1) is 10.2. The smallest absolute Gasteiger partial charge is 0.227 e. The van der Waals surface area contributed by atoms with Crippen LogP contribution in [0, 0.1) is 13.8 Å². The van der Waals surface area contributed by atoms with Crippen molar-refractivity contribution in [3.63, 3.8) is 0 Å². The lowest BCUT2D eigenvalue weighted by Crippen LogP contribution is -2.50. The normalized spacial score (nSPS) is 23.7. The highest BCUT2D eigenvalue weighted by molar-refractivity contribution is 5.79. The van der Waals surface area contributed by atoms with Crippen LogP contribution in [-0.2, 0) is 20.7 Å². The molecule has 0 N–H and O–H groups in total. The lowest BCUT2D eigenvalue weighted by Gasteiger charge is -2.38. The predicted octanol–water partition coefficient (Wildman–Crippen LogP) is 1.59. The number of hydrogen-bond acceptors (Lipinski definition) is 5. The predicted molar refractivity (Wildman–Crippen MR) is 74.7 cm³/mol. The van der Waals surface area contributed by atoms with Crippen molar-refractivity contribution in [2.24, 2.45) is 0 Å². The minimum absolute atomic E-state index is 0.0363. The lowest BCUT2D eigenvalue weighted by atomic mass is 10.00. The number of likely N-dealkylation sites (tertiary alicyclic amines) is 1. The molecule has 0 aromatic carbocycles. The van der Waals surface area contributed by atoms with Crippen LogP contribution < -0.4 is 0 Å². The maximum atomic E-state index is 12.7. The molecule has 1 aromatic rings. The summed E-state index contributed by atoms with van der Waals surface area (Å²) < 4.78 is 16.4. The molecule has 0 spiro atoms. The summed E-state index contributed by atoms with van der Waals surface area (Å²) in [6, 6.07) is 0.0363. The molecule has 0 bridgehead atoms. The molecular weight excluding hydrogens is 272 g/mol. The zero-order valence-electron chi connectivity index (χ0n) is 12.6. The van der Waals surface area contributed by atoms with Crippen molar-refractivity contribution in [2.45, 2.75) is 51.9 Å². The van der Waals surface area contributed by atoms with E-state index in [9.17, 15) is 4.79 Å². The fraction of sp³-hybridized carbons (Fsp3) is 0.733. The molecule has 0 radical (unpaired) electrons. The molecule has 1 unspecified atom stereocenters. The van der Waals surface area contributed by atoms with E-state index in [1.165, 1.54) is 0 Å². The standard InChI is InChI=1S/C15H22N2O4/c1-10-12(11(2)21-16-10)9-14(18)17-6-4-3-5-13(17)15-19-7-8-20-15/h13,15H,3-9H2,1-2H3. The van der Waals surface area contributed by atoms with Gasteiger partial charge in [0.25, 0.3) is 0 Å². The first kappa shape index (κ1) is 14.5. The molecular formula is C15H22N2O4. The Morgan fingerprint density at radius 1 is 1.29 bits per heavy atom. The molecule has 0 saturated carbocycles. The Labute approximate surface area is 124 Å². The third-order valence-electron chi connectivity index (χ3n) is 4.34. The van der Waals surface area contributed by atoms with Gasteiger partial charge in [0.15, 0.2) is 6.29 Å². The number of hydrogen-bond donors (Lipinski definition) is 0. The molecule has 2 fully saturated rings. The molecule has 1 aromatic heterocycles. The second kappa shape index (κ2) is 6.15. The molecule has 2 aliphatic rings. The van der Waals surface area contributed by atoms with Gasteiger partial charge in [0.05, 0.1) is 31.4 Å². The molecule has 3 heterocycles. The van der Waals surface area contributed by atoms with Crippen molar-refractivity contribution >= 4 is 5.91 Å². The Hall–Kier alpha value is -1.40. The molecule has 21 heavy (non-hydrogen) atoms. The molecule has 1 amide bonds. The molecule has 6 nitrogen and oxygen atoms in total. The van der Waals surface area contributed by atoms with Crippen LogP contribution in [0.1, 0.15) is 36.3 Å². The van der Waals surface area contributed by atoms with Crippen LogP contribution in [0.4, 0.5) is 0 Å². The Morgan fingerprint density at radius 3 is 2.71 bits per heavy atom. The first-order valence-electron chi connectivity index (χ1n) is 7.61. The van der Waals surface area contributed by atoms with Crippen LogP contribution in [0.2, 0.25) is 0 Å². The lowest BCUT2D eigenvalue weighted by molar-refractivity contribution is -0.150. The van der Waals surface area contributed by atoms with Crippen molar-refractivity contribution in [1.82, 2.24) is 10.1 Å². The minimum Gasteiger partial charge on any atom is -0.361 e. The maximum Gasteiger partial charge on any atom is 0.227 e. The van der Waals surface area contributed by atoms with Gasteiger partial charge in [-0.1, -0.05) is 5.16 Å². The van der Waals surface area contributed by atoms with Gasteiger partial charge in [-0.25, -0.2) is 0 Å². The van der Waals surface area contributed by atoms with Gasteiger partial charge in [0.1, 0.15) is 5.76 Å². The van der Waals surface area contributed by atoms with Gasteiger partial charge in [0.2, 0.25) is 5.91 Å². The van der Waals surface area contributed by atoms with E-state index in [1.54, 1.807) is 0 Å². The van der Waals surface area contributed by atoms with E-state index < -0.39 is 0 Å². The van der Waals surface area contributed by atoms with E-state index in [0.717, 1.165) is 42.8 Å². The van der Waals surface area contributed by atoms with Crippen molar-refractivity contribution in [1.29, 1.82) is 0 Å². The van der Waals surface area contributed by atoms with Gasteiger partial charge in [-0.05, 0) is 33.1 Å². The zero-order valence-corrected chi connectivity index (χ0v) is 12.6. The summed E-state index contributed by atoms with van der Waals surface area (Å²) in [7, 11) is 0. The summed E-state index contributed by atoms with van der Waals surface area (Å²) >= 11 is 0. The van der Waals surface area contributed by atoms with Crippen LogP contribution in [0.15, 0.2) is 4.52 Å². The number of aromatic nitrogens is 1. The number of nitrogens with zero attached hydrogens (tertiary/aromatic N) is 2. The number of ether oxygens (including phenoxy) is 2. The molecule has 1 atom stereocenters. The van der Waals surface area contributed by atoms with Crippen molar-refractivity contribution < 1.29 is 18.8 Å². The van der Waals surface area contributed by atoms with Gasteiger partial charge in [-0.2, -0.15) is 0 Å². The summed E-state index contributed by atoms with van der Waals surface area (Å²) in [6.07, 6.45) is 3.17. The van der Waals surface area contributed by atoms with Crippen LogP contribution in [0.5, 0.6) is 0 Å². The Bertz CT molecular complexity index is 488. The Balaban J connectivity index is 1.72. The summed E-state index contributed by atoms with van der Waals surface area (Å²) in [5.74, 6) is 0.830. The largest absolute Gasteiger partial charge is 0.361 e. The number of rotatable bonds is 3. The topological polar surface area (TPSA) is 64.8 Å². The highest BCUT2D eigenvalue weighted by Crippen LogP contribution is 2.25. The maximum absolute atomic E-state index is 12.7. The van der Waals surface area contributed by atoms with E-state index in [0.29, 0.717) is 19.6 Å². The summed E-state index contributed by atoms with van der Waals surface area (Å²) in [5.41, 5.74) is 1.69. The number of aryl methyl sites for hydroxylation is 2. The average molecular weight is 294 g/mol. The van der Waals surface area contributed by atoms with Gasteiger partial charge in [0, 0.05) is 12.1 Å². The summed E-state index contributed by atoms with van der Waals surface area (Å²) in [5, 5.41) is 3.92. The molecule has 3 rings (SSSR count). The second-order valence-electron chi connectivity index (χ2n) is 5.74. The Kier molecular flexibility index (Phi) is 4.26. The van der Waals surface area contributed by atoms with Gasteiger partial charge >= 0.3 is 0 Å². The minimum atomic E-state index is -0.265.